The van der Waals surface area contributed by atoms with Crippen LogP contribution in [0.25, 0.3) is 0 Å². The molecule has 0 aromatic carbocycles. The van der Waals surface area contributed by atoms with Gasteiger partial charge in [-0.05, 0) is 0 Å². The Labute approximate surface area is 393 Å². The maximum absolute atomic E-state index is 0. The zero-order valence-corrected chi connectivity index (χ0v) is 49.2. The molecule has 0 aliphatic heterocycles. The molecule has 0 nitrogen and oxygen atoms in total. The predicted octanol–water partition coefficient (Wildman–Crippen LogP) is -4.97. The molecular formula is Cu4Ga4In4S5Se5. The fraction of sp³-hybridized carbons (Fsp3) is 0. The molecule has 0 aliphatic rings. The molecule has 22 heavy (non-hydrogen) atoms. The van der Waals surface area contributed by atoms with Crippen LogP contribution in [0.2, 0.25) is 0 Å². The molecule has 0 amide bonds. The maximum Gasteiger partial charge on any atom is 3.00 e. The van der Waals surface area contributed by atoms with E-state index in [4.69, 9.17) is 0 Å². The van der Waals surface area contributed by atoms with Crippen LogP contribution in [-0.4, -0.2) is 268 Å². The summed E-state index contributed by atoms with van der Waals surface area (Å²) in [5, 5.41) is 0. The zero-order chi connectivity index (χ0) is 0. The van der Waals surface area contributed by atoms with Gasteiger partial charge in [-0.3, -0.25) is 0 Å². The number of hydrogen-bond donors (Lipinski definition) is 0. The molecule has 0 saturated carbocycles. The predicted molar refractivity (Wildman–Crippen MR) is 112 cm³/mol. The molecule has 0 N–H and O–H groups in total. The third kappa shape index (κ3) is 207. The first-order valence-corrected chi connectivity index (χ1v) is 0. The van der Waals surface area contributed by atoms with Crippen LogP contribution in [0.5, 0.6) is 0 Å². The van der Waals surface area contributed by atoms with Gasteiger partial charge in [-0.25, -0.2) is 0 Å². The summed E-state index contributed by atoms with van der Waals surface area (Å²) >= 11 is 0. The largest absolute Gasteiger partial charge is 3.00 e. The third-order valence-corrected chi connectivity index (χ3v) is 0. The van der Waals surface area contributed by atoms with Crippen molar-refractivity contribution in [3.63, 3.8) is 0 Å². The molecule has 16 radical (unpaired) electrons. The summed E-state index contributed by atoms with van der Waals surface area (Å²) in [4.78, 5) is 0. The number of rotatable bonds is 0. The zero-order valence-electron chi connectivity index (χ0n) is 9.91. The van der Waals surface area contributed by atoms with Gasteiger partial charge in [0.15, 0.2) is 0 Å². The van der Waals surface area contributed by atoms with Crippen molar-refractivity contribution in [3.05, 3.63) is 0 Å². The van der Waals surface area contributed by atoms with E-state index in [0.717, 1.165) is 0 Å². The van der Waals surface area contributed by atoms with Crippen LogP contribution in [0.3, 0.4) is 0 Å². The number of hydrogen-bond acceptors (Lipinski definition) is 0. The van der Waals surface area contributed by atoms with E-state index in [0.29, 0.717) is 0 Å². The van der Waals surface area contributed by atoms with E-state index < -0.39 is 0 Å². The standard InChI is InChI=1S/4Cu.4Ga.4In.5S.5Se/q4*+2;4*+3;;;;;10*-2. The molecule has 0 fully saturated rings. The van der Waals surface area contributed by atoms with Crippen molar-refractivity contribution < 1.29 is 68.3 Å². The van der Waals surface area contributed by atoms with Crippen molar-refractivity contribution >= 4 is 335 Å². The molecule has 0 aromatic rings. The van der Waals surface area contributed by atoms with Crippen molar-refractivity contribution in [2.24, 2.45) is 0 Å². The van der Waals surface area contributed by atoms with Crippen LogP contribution >= 0.6 is 0 Å². The topological polar surface area (TPSA) is 0 Å². The minimum Gasteiger partial charge on any atom is -2.00 e. The Balaban J connectivity index is 0. The van der Waals surface area contributed by atoms with Gasteiger partial charge in [0, 0.05) is 103 Å². The van der Waals surface area contributed by atoms with Gasteiger partial charge < -0.3 is 153 Å². The SMILES string of the molecule is [Cu+2].[Cu+2].[Cu+2].[Cu+2].[Ga+3].[Ga+3].[Ga+3].[Ga+3].[In].[In].[In].[In].[S-2].[S-2].[S-2].[S-2].[S-2].[Se-2].[Se-2].[Se-2].[Se-2].[Se-2]. The van der Waals surface area contributed by atoms with Crippen molar-refractivity contribution in [3.8, 4) is 0 Å². The van der Waals surface area contributed by atoms with Gasteiger partial charge in [-0.15, -0.1) is 0 Å². The normalized spacial score (nSPS) is 0. The van der Waals surface area contributed by atoms with Crippen molar-refractivity contribution in [1.82, 2.24) is 0 Å². The Bertz CT molecular complexity index is 50.9. The Kier molecular flexibility index (Phi) is 2570. The van der Waals surface area contributed by atoms with Crippen molar-refractivity contribution in [2.75, 3.05) is 0 Å². The minimum absolute atomic E-state index is 0. The van der Waals surface area contributed by atoms with E-state index in [2.05, 4.69) is 0 Å². The average Bonchev–Trinajstić information content (AvgIpc) is 0. The Morgan fingerprint density at radius 2 is 0.227 bits per heavy atom. The second kappa shape index (κ2) is 227. The van der Waals surface area contributed by atoms with Crippen molar-refractivity contribution in [1.29, 1.82) is 0 Å². The molecule has 22 heteroatoms. The van der Waals surface area contributed by atoms with Crippen LogP contribution in [0.15, 0.2) is 0 Å². The first-order chi connectivity index (χ1) is 0. The summed E-state index contributed by atoms with van der Waals surface area (Å²) in [6, 6.07) is 0. The molecule has 0 aliphatic carbocycles. The fourth-order valence-corrected chi connectivity index (χ4v) is 0. The quantitative estimate of drug-likeness (QED) is 0.214. The van der Waals surface area contributed by atoms with E-state index in [-0.39, 0.29) is 404 Å². The first-order valence-electron chi connectivity index (χ1n) is 0. The van der Waals surface area contributed by atoms with Crippen molar-refractivity contribution in [2.45, 2.75) is 0 Å². The van der Waals surface area contributed by atoms with Crippen LogP contribution in [-0.2, 0) is 136 Å². The van der Waals surface area contributed by atoms with Crippen LogP contribution in [0, 0.1) is 0 Å². The van der Waals surface area contributed by atoms with Crippen LogP contribution < -0.4 is 0 Å². The Morgan fingerprint density at radius 1 is 0.227 bits per heavy atom. The Morgan fingerprint density at radius 3 is 0.227 bits per heavy atom. The molecule has 0 saturated heterocycles. The molecule has 0 spiro atoms. The monoisotopic (exact) mass is 1550 g/mol. The molecular weight excluding hydrogens is 1550 g/mol. The first kappa shape index (κ1) is 249. The van der Waals surface area contributed by atoms with E-state index in [1.165, 1.54) is 0 Å². The van der Waals surface area contributed by atoms with E-state index in [9.17, 15) is 0 Å². The Hall–Kier alpha value is 12.5. The molecule has 0 unspecified atom stereocenters. The molecule has 0 rings (SSSR count). The summed E-state index contributed by atoms with van der Waals surface area (Å²) in [6.07, 6.45) is 0. The molecule has 0 heterocycles. The molecule has 0 aromatic heterocycles. The maximum atomic E-state index is 0. The summed E-state index contributed by atoms with van der Waals surface area (Å²) < 4.78 is 0. The summed E-state index contributed by atoms with van der Waals surface area (Å²) in [7, 11) is 0. The van der Waals surface area contributed by atoms with Gasteiger partial charge >= 0.3 is 147 Å². The van der Waals surface area contributed by atoms with Gasteiger partial charge in [0.1, 0.15) is 0 Å². The minimum atomic E-state index is 0. The van der Waals surface area contributed by atoms with Gasteiger partial charge in [-0.2, -0.15) is 0 Å². The summed E-state index contributed by atoms with van der Waals surface area (Å²) in [6.45, 7) is 0. The molecule has 128 valence electrons. The van der Waals surface area contributed by atoms with Gasteiger partial charge in [-0.1, -0.05) is 0 Å². The van der Waals surface area contributed by atoms with Crippen LogP contribution in [0.4, 0.5) is 0 Å². The van der Waals surface area contributed by atoms with Crippen LogP contribution in [0.1, 0.15) is 0 Å². The van der Waals surface area contributed by atoms with E-state index in [1.807, 2.05) is 0 Å². The van der Waals surface area contributed by atoms with Gasteiger partial charge in [0.25, 0.3) is 0 Å². The van der Waals surface area contributed by atoms with E-state index in [1.54, 1.807) is 0 Å². The second-order valence-electron chi connectivity index (χ2n) is 0. The smallest absolute Gasteiger partial charge is 2.00 e. The average molecular weight is 1550 g/mol. The second-order valence-corrected chi connectivity index (χ2v) is 0. The van der Waals surface area contributed by atoms with Gasteiger partial charge in [0.2, 0.25) is 0 Å². The van der Waals surface area contributed by atoms with Gasteiger partial charge in [0.05, 0.1) is 0 Å². The molecule has 0 atom stereocenters. The summed E-state index contributed by atoms with van der Waals surface area (Å²) in [5.74, 6) is 0. The third-order valence-electron chi connectivity index (χ3n) is 0. The van der Waals surface area contributed by atoms with E-state index >= 15 is 0 Å². The molecule has 0 bridgehead atoms. The fourth-order valence-electron chi connectivity index (χ4n) is 0. The summed E-state index contributed by atoms with van der Waals surface area (Å²) in [5.41, 5.74) is 0.